The molecule has 3 rings (SSSR count). The van der Waals surface area contributed by atoms with E-state index in [1.165, 1.54) is 0 Å². The van der Waals surface area contributed by atoms with Crippen LogP contribution in [0.25, 0.3) is 0 Å². The molecule has 5 nitrogen and oxygen atoms in total. The summed E-state index contributed by atoms with van der Waals surface area (Å²) >= 11 is 0. The molecular weight excluding hydrogens is 218 g/mol. The number of aromatic hydroxyl groups is 1. The van der Waals surface area contributed by atoms with Crippen LogP contribution in [0.1, 0.15) is 12.8 Å². The van der Waals surface area contributed by atoms with Crippen molar-refractivity contribution in [3.05, 3.63) is 18.2 Å². The summed E-state index contributed by atoms with van der Waals surface area (Å²) in [5, 5.41) is 26.1. The number of fused-ring (bicyclic) bond motifs is 1. The number of benzene rings is 1. The molecule has 92 valence electrons. The molecule has 0 radical (unpaired) electrons. The molecule has 1 saturated heterocycles. The van der Waals surface area contributed by atoms with Crippen molar-refractivity contribution < 1.29 is 10.2 Å². The first-order valence-corrected chi connectivity index (χ1v) is 6.03. The molecule has 17 heavy (non-hydrogen) atoms. The molecule has 0 saturated carbocycles. The number of anilines is 2. The highest BCUT2D eigenvalue weighted by Gasteiger charge is 2.34. The number of nitrogens with one attached hydrogen (secondary N) is 2. The number of phenols is 1. The zero-order chi connectivity index (χ0) is 11.8. The number of rotatable bonds is 1. The van der Waals surface area contributed by atoms with Gasteiger partial charge in [0.05, 0.1) is 5.69 Å². The van der Waals surface area contributed by atoms with Gasteiger partial charge in [0.2, 0.25) is 6.35 Å². The van der Waals surface area contributed by atoms with Gasteiger partial charge >= 0.3 is 0 Å². The van der Waals surface area contributed by atoms with Crippen molar-refractivity contribution in [2.75, 3.05) is 23.3 Å². The lowest BCUT2D eigenvalue weighted by Gasteiger charge is -2.35. The van der Waals surface area contributed by atoms with Crippen LogP contribution in [0.4, 0.5) is 11.4 Å². The molecule has 1 atom stereocenters. The SMILES string of the molecule is Oc1cccc2c1NC(O)N2C1CCNCC1. The Morgan fingerprint density at radius 3 is 2.76 bits per heavy atom. The molecular formula is C12H17N3O2. The highest BCUT2D eigenvalue weighted by atomic mass is 16.3. The van der Waals surface area contributed by atoms with Crippen LogP contribution in [0.5, 0.6) is 5.75 Å². The summed E-state index contributed by atoms with van der Waals surface area (Å²) in [6.45, 7) is 1.95. The fourth-order valence-corrected chi connectivity index (χ4v) is 2.70. The molecule has 0 spiro atoms. The fourth-order valence-electron chi connectivity index (χ4n) is 2.70. The molecule has 4 N–H and O–H groups in total. The molecule has 0 amide bonds. The number of hydrogen-bond acceptors (Lipinski definition) is 5. The van der Waals surface area contributed by atoms with E-state index in [1.807, 2.05) is 17.0 Å². The third-order valence-corrected chi connectivity index (χ3v) is 3.54. The van der Waals surface area contributed by atoms with E-state index in [9.17, 15) is 10.2 Å². The summed E-state index contributed by atoms with van der Waals surface area (Å²) in [7, 11) is 0. The van der Waals surface area contributed by atoms with Gasteiger partial charge in [-0.2, -0.15) is 0 Å². The molecule has 5 heteroatoms. The Hall–Kier alpha value is -1.46. The maximum absolute atomic E-state index is 10.1. The van der Waals surface area contributed by atoms with E-state index < -0.39 is 6.35 Å². The van der Waals surface area contributed by atoms with Gasteiger partial charge in [-0.3, -0.25) is 0 Å². The van der Waals surface area contributed by atoms with Gasteiger partial charge < -0.3 is 25.7 Å². The lowest BCUT2D eigenvalue weighted by Crippen LogP contribution is -2.48. The first-order valence-electron chi connectivity index (χ1n) is 6.03. The van der Waals surface area contributed by atoms with E-state index in [0.717, 1.165) is 31.6 Å². The minimum absolute atomic E-state index is 0.193. The van der Waals surface area contributed by atoms with Crippen LogP contribution in [0.15, 0.2) is 18.2 Å². The zero-order valence-electron chi connectivity index (χ0n) is 9.56. The summed E-state index contributed by atoms with van der Waals surface area (Å²) in [6, 6.07) is 5.69. The van der Waals surface area contributed by atoms with Crippen LogP contribution >= 0.6 is 0 Å². The highest BCUT2D eigenvalue weighted by molar-refractivity contribution is 5.81. The van der Waals surface area contributed by atoms with Crippen LogP contribution in [-0.4, -0.2) is 35.7 Å². The number of para-hydroxylation sites is 1. The average Bonchev–Trinajstić information content (AvgIpc) is 2.68. The minimum atomic E-state index is -0.735. The van der Waals surface area contributed by atoms with Crippen LogP contribution in [0.3, 0.4) is 0 Å². The van der Waals surface area contributed by atoms with Crippen molar-refractivity contribution in [1.29, 1.82) is 0 Å². The van der Waals surface area contributed by atoms with Gasteiger partial charge in [0.15, 0.2) is 0 Å². The number of aliphatic hydroxyl groups is 1. The first-order chi connectivity index (χ1) is 8.27. The Morgan fingerprint density at radius 1 is 1.24 bits per heavy atom. The van der Waals surface area contributed by atoms with Crippen molar-refractivity contribution in [3.63, 3.8) is 0 Å². The van der Waals surface area contributed by atoms with Crippen LogP contribution in [0.2, 0.25) is 0 Å². The normalized spacial score (nSPS) is 24.5. The van der Waals surface area contributed by atoms with Gasteiger partial charge in [-0.1, -0.05) is 6.07 Å². The second-order valence-corrected chi connectivity index (χ2v) is 4.58. The maximum atomic E-state index is 10.1. The fraction of sp³-hybridized carbons (Fsp3) is 0.500. The standard InChI is InChI=1S/C12H17N3O2/c16-10-3-1-2-9-11(10)14-12(17)15(9)8-4-6-13-7-5-8/h1-3,8,12-14,16-17H,4-7H2. The number of hydrogen-bond donors (Lipinski definition) is 4. The number of phenolic OH excluding ortho intramolecular Hbond substituents is 1. The Balaban J connectivity index is 1.93. The van der Waals surface area contributed by atoms with Gasteiger partial charge in [-0.25, -0.2) is 0 Å². The van der Waals surface area contributed by atoms with Crippen molar-refractivity contribution in [2.45, 2.75) is 25.2 Å². The summed E-state index contributed by atoms with van der Waals surface area (Å²) in [6.07, 6.45) is 1.28. The van der Waals surface area contributed by atoms with Crippen LogP contribution in [-0.2, 0) is 0 Å². The number of piperidine rings is 1. The van der Waals surface area contributed by atoms with Crippen LogP contribution < -0.4 is 15.5 Å². The highest BCUT2D eigenvalue weighted by Crippen LogP contribution is 2.42. The molecule has 2 aliphatic rings. The molecule has 0 bridgehead atoms. The molecule has 2 heterocycles. The summed E-state index contributed by atoms with van der Waals surface area (Å²) in [4.78, 5) is 1.97. The molecule has 2 aliphatic heterocycles. The monoisotopic (exact) mass is 235 g/mol. The molecule has 0 aliphatic carbocycles. The Morgan fingerprint density at radius 2 is 2.00 bits per heavy atom. The van der Waals surface area contributed by atoms with Gasteiger partial charge in [-0.15, -0.1) is 0 Å². The first kappa shape index (κ1) is 10.7. The second kappa shape index (κ2) is 4.09. The topological polar surface area (TPSA) is 67.8 Å². The molecule has 1 aromatic rings. The molecule has 1 aromatic carbocycles. The molecule has 1 fully saturated rings. The van der Waals surface area contributed by atoms with E-state index in [-0.39, 0.29) is 5.75 Å². The van der Waals surface area contributed by atoms with Crippen molar-refractivity contribution >= 4 is 11.4 Å². The second-order valence-electron chi connectivity index (χ2n) is 4.58. The van der Waals surface area contributed by atoms with Crippen molar-refractivity contribution in [1.82, 2.24) is 5.32 Å². The largest absolute Gasteiger partial charge is 0.506 e. The Kier molecular flexibility index (Phi) is 2.57. The third-order valence-electron chi connectivity index (χ3n) is 3.54. The van der Waals surface area contributed by atoms with Gasteiger partial charge in [0.25, 0.3) is 0 Å². The predicted molar refractivity (Wildman–Crippen MR) is 66.1 cm³/mol. The number of aliphatic hydroxyl groups excluding tert-OH is 1. The Labute approximate surface area is 100 Å². The van der Waals surface area contributed by atoms with E-state index in [1.54, 1.807) is 6.07 Å². The minimum Gasteiger partial charge on any atom is -0.506 e. The lowest BCUT2D eigenvalue weighted by molar-refractivity contribution is 0.184. The van der Waals surface area contributed by atoms with Crippen molar-refractivity contribution in [3.8, 4) is 5.75 Å². The maximum Gasteiger partial charge on any atom is 0.205 e. The van der Waals surface area contributed by atoms with Gasteiger partial charge in [0, 0.05) is 6.04 Å². The number of nitrogens with zero attached hydrogens (tertiary/aromatic N) is 1. The average molecular weight is 235 g/mol. The summed E-state index contributed by atoms with van der Waals surface area (Å²) < 4.78 is 0. The van der Waals surface area contributed by atoms with E-state index in [0.29, 0.717) is 11.7 Å². The quantitative estimate of drug-likeness (QED) is 0.538. The van der Waals surface area contributed by atoms with Gasteiger partial charge in [-0.05, 0) is 38.1 Å². The lowest BCUT2D eigenvalue weighted by atomic mass is 10.0. The van der Waals surface area contributed by atoms with Gasteiger partial charge in [0.1, 0.15) is 11.4 Å². The van der Waals surface area contributed by atoms with Crippen LogP contribution in [0, 0.1) is 0 Å². The predicted octanol–water partition coefficient (Wildman–Crippen LogP) is 0.652. The third kappa shape index (κ3) is 1.71. The summed E-state index contributed by atoms with van der Waals surface area (Å²) in [5.41, 5.74) is 1.53. The molecule has 0 aromatic heterocycles. The zero-order valence-corrected chi connectivity index (χ0v) is 9.56. The smallest absolute Gasteiger partial charge is 0.205 e. The van der Waals surface area contributed by atoms with E-state index in [4.69, 9.17) is 0 Å². The summed E-state index contributed by atoms with van der Waals surface area (Å²) in [5.74, 6) is 0.193. The van der Waals surface area contributed by atoms with Crippen molar-refractivity contribution in [2.24, 2.45) is 0 Å². The Bertz CT molecular complexity index is 418. The molecule has 1 unspecified atom stereocenters. The van der Waals surface area contributed by atoms with E-state index in [2.05, 4.69) is 10.6 Å². The van der Waals surface area contributed by atoms with E-state index >= 15 is 0 Å².